The monoisotopic (exact) mass is 401 g/mol. The van der Waals surface area contributed by atoms with E-state index < -0.39 is 4.92 Å². The van der Waals surface area contributed by atoms with Gasteiger partial charge in [-0.15, -0.1) is 0 Å². The molecule has 6 nitrogen and oxygen atoms in total. The van der Waals surface area contributed by atoms with Crippen molar-refractivity contribution < 1.29 is 9.72 Å². The molecule has 3 atom stereocenters. The van der Waals surface area contributed by atoms with Crippen LogP contribution in [0, 0.1) is 16.0 Å². The van der Waals surface area contributed by atoms with Gasteiger partial charge in [0.15, 0.2) is 0 Å². The van der Waals surface area contributed by atoms with Crippen molar-refractivity contribution in [1.82, 2.24) is 9.88 Å². The van der Waals surface area contributed by atoms with Gasteiger partial charge >= 0.3 is 0 Å². The van der Waals surface area contributed by atoms with Crippen LogP contribution in [0.15, 0.2) is 42.6 Å². The van der Waals surface area contributed by atoms with Crippen LogP contribution in [-0.4, -0.2) is 27.3 Å². The first-order valence-electron chi connectivity index (χ1n) is 8.20. The number of non-ortho nitro benzene ring substituents is 1. The molecule has 0 bridgehead atoms. The van der Waals surface area contributed by atoms with E-state index in [1.54, 1.807) is 6.20 Å². The van der Waals surface area contributed by atoms with Gasteiger partial charge in [0.05, 0.1) is 21.5 Å². The molecule has 1 aliphatic heterocycles. The number of carbonyl (C=O) groups excluding carboxylic acids is 1. The molecule has 1 aliphatic carbocycles. The summed E-state index contributed by atoms with van der Waals surface area (Å²) in [6.07, 6.45) is 3.70. The highest BCUT2D eigenvalue weighted by molar-refractivity contribution is 9.09. The van der Waals surface area contributed by atoms with Crippen molar-refractivity contribution in [3.8, 4) is 0 Å². The standard InChI is InChI=1S/C18H16BrN3O3/c19-15-10-12-7-9-21(17(12)14-2-1-8-20-16(14)15)18(23)11-3-5-13(6-4-11)22(24)25/h1-6,8,12,15,17H,7,9-10H2/t12-,15?,17-/m0/s1. The summed E-state index contributed by atoms with van der Waals surface area (Å²) >= 11 is 3.72. The molecule has 4 rings (SSSR count). The van der Waals surface area contributed by atoms with Crippen LogP contribution in [0.5, 0.6) is 0 Å². The first-order chi connectivity index (χ1) is 12.1. The number of nitro benzene ring substituents is 1. The molecular weight excluding hydrogens is 386 g/mol. The fourth-order valence-corrected chi connectivity index (χ4v) is 4.83. The molecule has 0 N–H and O–H groups in total. The maximum atomic E-state index is 13.0. The Morgan fingerprint density at radius 3 is 2.76 bits per heavy atom. The van der Waals surface area contributed by atoms with Crippen LogP contribution < -0.4 is 0 Å². The Hall–Kier alpha value is -2.28. The number of pyridine rings is 1. The van der Waals surface area contributed by atoms with Gasteiger partial charge in [-0.05, 0) is 42.5 Å². The lowest BCUT2D eigenvalue weighted by atomic mass is 9.82. The van der Waals surface area contributed by atoms with Crippen molar-refractivity contribution in [2.75, 3.05) is 6.54 Å². The van der Waals surface area contributed by atoms with Crippen molar-refractivity contribution in [2.24, 2.45) is 5.92 Å². The lowest BCUT2D eigenvalue weighted by Gasteiger charge is -2.35. The molecule has 0 saturated carbocycles. The summed E-state index contributed by atoms with van der Waals surface area (Å²) in [5.41, 5.74) is 2.59. The molecule has 2 heterocycles. The van der Waals surface area contributed by atoms with E-state index in [1.807, 2.05) is 11.0 Å². The number of nitro groups is 1. The Bertz CT molecular complexity index is 840. The molecule has 0 radical (unpaired) electrons. The second-order valence-corrected chi connectivity index (χ2v) is 7.58. The lowest BCUT2D eigenvalue weighted by Crippen LogP contribution is -2.34. The Morgan fingerprint density at radius 2 is 2.04 bits per heavy atom. The number of hydrogen-bond donors (Lipinski definition) is 0. The molecule has 2 aromatic rings. The van der Waals surface area contributed by atoms with Gasteiger partial charge < -0.3 is 4.90 Å². The quantitative estimate of drug-likeness (QED) is 0.432. The Balaban J connectivity index is 1.66. The van der Waals surface area contributed by atoms with Gasteiger partial charge in [0.2, 0.25) is 0 Å². The number of rotatable bonds is 2. The van der Waals surface area contributed by atoms with Crippen LogP contribution >= 0.6 is 15.9 Å². The van der Waals surface area contributed by atoms with E-state index in [9.17, 15) is 14.9 Å². The number of hydrogen-bond acceptors (Lipinski definition) is 4. The summed E-state index contributed by atoms with van der Waals surface area (Å²) in [5, 5.41) is 10.8. The van der Waals surface area contributed by atoms with Gasteiger partial charge in [0.1, 0.15) is 0 Å². The van der Waals surface area contributed by atoms with Gasteiger partial charge in [-0.1, -0.05) is 22.0 Å². The molecule has 1 saturated heterocycles. The Morgan fingerprint density at radius 1 is 1.28 bits per heavy atom. The number of aromatic nitrogens is 1. The summed E-state index contributed by atoms with van der Waals surface area (Å²) in [6, 6.07) is 9.82. The number of fused-ring (bicyclic) bond motifs is 3. The third kappa shape index (κ3) is 2.72. The number of amides is 1. The summed E-state index contributed by atoms with van der Waals surface area (Å²) in [5.74, 6) is 0.327. The van der Waals surface area contributed by atoms with Crippen LogP contribution in [0.3, 0.4) is 0 Å². The van der Waals surface area contributed by atoms with E-state index in [2.05, 4.69) is 27.0 Å². The van der Waals surface area contributed by atoms with Crippen molar-refractivity contribution in [3.05, 3.63) is 69.5 Å². The highest BCUT2D eigenvalue weighted by Gasteiger charge is 2.44. The average molecular weight is 402 g/mol. The van der Waals surface area contributed by atoms with E-state index in [1.165, 1.54) is 24.3 Å². The molecular formula is C18H16BrN3O3. The summed E-state index contributed by atoms with van der Waals surface area (Å²) in [4.78, 5) is 29.9. The van der Waals surface area contributed by atoms with Crippen LogP contribution in [0.2, 0.25) is 0 Å². The normalized spacial score (nSPS) is 24.5. The number of benzene rings is 1. The topological polar surface area (TPSA) is 76.3 Å². The summed E-state index contributed by atoms with van der Waals surface area (Å²) < 4.78 is 0. The molecule has 1 aromatic heterocycles. The molecule has 7 heteroatoms. The van der Waals surface area contributed by atoms with Crippen molar-refractivity contribution >= 4 is 27.5 Å². The predicted octanol–water partition coefficient (Wildman–Crippen LogP) is 4.03. The number of nitrogens with zero attached hydrogens (tertiary/aromatic N) is 3. The first-order valence-corrected chi connectivity index (χ1v) is 9.12. The highest BCUT2D eigenvalue weighted by Crippen LogP contribution is 2.50. The second kappa shape index (κ2) is 6.22. The van der Waals surface area contributed by atoms with Crippen molar-refractivity contribution in [3.63, 3.8) is 0 Å². The molecule has 25 heavy (non-hydrogen) atoms. The average Bonchev–Trinajstić information content (AvgIpc) is 3.05. The van der Waals surface area contributed by atoms with Gasteiger partial charge in [-0.25, -0.2) is 0 Å². The minimum atomic E-state index is -0.459. The van der Waals surface area contributed by atoms with E-state index in [0.29, 0.717) is 18.0 Å². The zero-order valence-corrected chi connectivity index (χ0v) is 14.9. The number of alkyl halides is 1. The smallest absolute Gasteiger partial charge is 0.269 e. The third-order valence-corrected chi connectivity index (χ3v) is 5.91. The number of likely N-dealkylation sites (tertiary alicyclic amines) is 1. The lowest BCUT2D eigenvalue weighted by molar-refractivity contribution is -0.384. The van der Waals surface area contributed by atoms with Crippen LogP contribution in [0.1, 0.15) is 45.3 Å². The van der Waals surface area contributed by atoms with Gasteiger partial charge in [-0.3, -0.25) is 19.9 Å². The molecule has 1 unspecified atom stereocenters. The molecule has 1 amide bonds. The molecule has 2 aliphatic rings. The third-order valence-electron chi connectivity index (χ3n) is 5.11. The molecule has 0 spiro atoms. The first kappa shape index (κ1) is 16.2. The van der Waals surface area contributed by atoms with Crippen LogP contribution in [-0.2, 0) is 0 Å². The second-order valence-electron chi connectivity index (χ2n) is 6.48. The molecule has 1 aromatic carbocycles. The highest BCUT2D eigenvalue weighted by atomic mass is 79.9. The summed E-state index contributed by atoms with van der Waals surface area (Å²) in [6.45, 7) is 0.694. The van der Waals surface area contributed by atoms with Crippen LogP contribution in [0.4, 0.5) is 5.69 Å². The fraction of sp³-hybridized carbons (Fsp3) is 0.333. The van der Waals surface area contributed by atoms with Gasteiger partial charge in [-0.2, -0.15) is 0 Å². The van der Waals surface area contributed by atoms with Crippen molar-refractivity contribution in [1.29, 1.82) is 0 Å². The van der Waals surface area contributed by atoms with E-state index in [4.69, 9.17) is 0 Å². The Labute approximate surface area is 153 Å². The minimum absolute atomic E-state index is 0.00908. The van der Waals surface area contributed by atoms with Gasteiger partial charge in [0.25, 0.3) is 11.6 Å². The zero-order valence-electron chi connectivity index (χ0n) is 13.3. The zero-order chi connectivity index (χ0) is 17.6. The van der Waals surface area contributed by atoms with E-state index >= 15 is 0 Å². The largest absolute Gasteiger partial charge is 0.331 e. The molecule has 1 fully saturated rings. The Kier molecular flexibility index (Phi) is 4.03. The predicted molar refractivity (Wildman–Crippen MR) is 95.5 cm³/mol. The SMILES string of the molecule is O=C(c1ccc([N+](=O)[O-])cc1)N1CC[C@H]2CC(Br)c3ncccc3[C@H]21. The maximum absolute atomic E-state index is 13.0. The number of carbonyl (C=O) groups is 1. The van der Waals surface area contributed by atoms with E-state index in [-0.39, 0.29) is 22.5 Å². The molecule has 128 valence electrons. The number of halogens is 1. The van der Waals surface area contributed by atoms with Crippen molar-refractivity contribution in [2.45, 2.75) is 23.7 Å². The van der Waals surface area contributed by atoms with E-state index in [0.717, 1.165) is 24.1 Å². The van der Waals surface area contributed by atoms with Crippen LogP contribution in [0.25, 0.3) is 0 Å². The maximum Gasteiger partial charge on any atom is 0.269 e. The fourth-order valence-electron chi connectivity index (χ4n) is 3.96. The minimum Gasteiger partial charge on any atom is -0.331 e. The van der Waals surface area contributed by atoms with Gasteiger partial charge in [0, 0.05) is 30.4 Å². The summed E-state index contributed by atoms with van der Waals surface area (Å²) in [7, 11) is 0.